The molecule has 0 spiro atoms. The molecule has 19 heavy (non-hydrogen) atoms. The van der Waals surface area contributed by atoms with E-state index in [0.29, 0.717) is 6.04 Å². The van der Waals surface area contributed by atoms with Crippen LogP contribution in [0.2, 0.25) is 0 Å². The second kappa shape index (κ2) is 7.09. The molecule has 0 aliphatic rings. The Hall–Kier alpha value is -0.820. The van der Waals surface area contributed by atoms with Crippen LogP contribution in [0.25, 0.3) is 0 Å². The van der Waals surface area contributed by atoms with Crippen LogP contribution in [0, 0.1) is 31.6 Å². The molecule has 0 heterocycles. The lowest BCUT2D eigenvalue weighted by atomic mass is 9.85. The van der Waals surface area contributed by atoms with Crippen molar-refractivity contribution in [3.05, 3.63) is 34.9 Å². The molecule has 1 aromatic rings. The SMILES string of the molecule is Cc1ccc(C(C)NCC(C(C)C)C(C)C)c(C)c1. The van der Waals surface area contributed by atoms with Crippen LogP contribution in [0.5, 0.6) is 0 Å². The average molecular weight is 261 g/mol. The van der Waals surface area contributed by atoms with Gasteiger partial charge < -0.3 is 5.32 Å². The van der Waals surface area contributed by atoms with Crippen molar-refractivity contribution in [2.75, 3.05) is 6.54 Å². The quantitative estimate of drug-likeness (QED) is 0.769. The number of hydrogen-bond acceptors (Lipinski definition) is 1. The maximum Gasteiger partial charge on any atom is 0.0294 e. The zero-order valence-corrected chi connectivity index (χ0v) is 13.7. The van der Waals surface area contributed by atoms with E-state index in [1.54, 1.807) is 0 Å². The van der Waals surface area contributed by atoms with Gasteiger partial charge in [0.2, 0.25) is 0 Å². The highest BCUT2D eigenvalue weighted by molar-refractivity contribution is 5.32. The van der Waals surface area contributed by atoms with Gasteiger partial charge in [-0.3, -0.25) is 0 Å². The van der Waals surface area contributed by atoms with Crippen molar-refractivity contribution in [2.24, 2.45) is 17.8 Å². The summed E-state index contributed by atoms with van der Waals surface area (Å²) in [5.41, 5.74) is 4.16. The zero-order valence-electron chi connectivity index (χ0n) is 13.7. The second-order valence-corrected chi connectivity index (χ2v) is 6.64. The van der Waals surface area contributed by atoms with E-state index in [2.05, 4.69) is 72.0 Å². The lowest BCUT2D eigenvalue weighted by Crippen LogP contribution is -2.31. The maximum atomic E-state index is 3.72. The Labute approximate surface area is 119 Å². The Kier molecular flexibility index (Phi) is 6.06. The first-order valence-corrected chi connectivity index (χ1v) is 7.63. The third-order valence-corrected chi connectivity index (χ3v) is 4.26. The van der Waals surface area contributed by atoms with Crippen LogP contribution < -0.4 is 5.32 Å². The maximum absolute atomic E-state index is 3.72. The highest BCUT2D eigenvalue weighted by Crippen LogP contribution is 2.22. The molecule has 1 unspecified atom stereocenters. The number of aryl methyl sites for hydroxylation is 2. The van der Waals surface area contributed by atoms with Gasteiger partial charge in [0.15, 0.2) is 0 Å². The Balaban J connectivity index is 2.66. The van der Waals surface area contributed by atoms with E-state index in [4.69, 9.17) is 0 Å². The molecule has 1 atom stereocenters. The molecule has 1 nitrogen and oxygen atoms in total. The summed E-state index contributed by atoms with van der Waals surface area (Å²) in [6, 6.07) is 7.18. The van der Waals surface area contributed by atoms with E-state index in [-0.39, 0.29) is 0 Å². The van der Waals surface area contributed by atoms with E-state index in [9.17, 15) is 0 Å². The summed E-state index contributed by atoms with van der Waals surface area (Å²) in [6.07, 6.45) is 0. The van der Waals surface area contributed by atoms with Crippen molar-refractivity contribution in [1.29, 1.82) is 0 Å². The molecule has 0 amide bonds. The van der Waals surface area contributed by atoms with Gasteiger partial charge in [-0.05, 0) is 56.2 Å². The minimum Gasteiger partial charge on any atom is -0.310 e. The van der Waals surface area contributed by atoms with E-state index < -0.39 is 0 Å². The molecule has 0 bridgehead atoms. The molecule has 0 aliphatic carbocycles. The largest absolute Gasteiger partial charge is 0.310 e. The molecular formula is C18H31N. The highest BCUT2D eigenvalue weighted by atomic mass is 14.9. The van der Waals surface area contributed by atoms with Crippen LogP contribution in [0.4, 0.5) is 0 Å². The molecule has 0 saturated heterocycles. The lowest BCUT2D eigenvalue weighted by Gasteiger charge is -2.27. The minimum absolute atomic E-state index is 0.431. The monoisotopic (exact) mass is 261 g/mol. The van der Waals surface area contributed by atoms with E-state index in [1.165, 1.54) is 16.7 Å². The summed E-state index contributed by atoms with van der Waals surface area (Å²) in [4.78, 5) is 0. The molecular weight excluding hydrogens is 230 g/mol. The topological polar surface area (TPSA) is 12.0 Å². The number of rotatable bonds is 6. The Bertz CT molecular complexity index is 385. The van der Waals surface area contributed by atoms with Gasteiger partial charge in [0.25, 0.3) is 0 Å². The first-order chi connectivity index (χ1) is 8.82. The van der Waals surface area contributed by atoms with Crippen LogP contribution in [0.3, 0.4) is 0 Å². The Morgan fingerprint density at radius 2 is 1.53 bits per heavy atom. The third kappa shape index (κ3) is 4.65. The van der Waals surface area contributed by atoms with E-state index in [0.717, 1.165) is 24.3 Å². The van der Waals surface area contributed by atoms with Gasteiger partial charge in [-0.1, -0.05) is 51.5 Å². The first-order valence-electron chi connectivity index (χ1n) is 7.63. The highest BCUT2D eigenvalue weighted by Gasteiger charge is 2.18. The van der Waals surface area contributed by atoms with E-state index in [1.807, 2.05) is 0 Å². The third-order valence-electron chi connectivity index (χ3n) is 4.26. The van der Waals surface area contributed by atoms with Crippen molar-refractivity contribution >= 4 is 0 Å². The molecule has 1 rings (SSSR count). The summed E-state index contributed by atoms with van der Waals surface area (Å²) in [5, 5.41) is 3.72. The van der Waals surface area contributed by atoms with Crippen molar-refractivity contribution in [3.8, 4) is 0 Å². The van der Waals surface area contributed by atoms with Gasteiger partial charge in [0.05, 0.1) is 0 Å². The fraction of sp³-hybridized carbons (Fsp3) is 0.667. The Morgan fingerprint density at radius 1 is 0.947 bits per heavy atom. The molecule has 1 N–H and O–H groups in total. The van der Waals surface area contributed by atoms with Crippen LogP contribution >= 0.6 is 0 Å². The molecule has 1 aromatic carbocycles. The van der Waals surface area contributed by atoms with Gasteiger partial charge in [0, 0.05) is 6.04 Å². The summed E-state index contributed by atoms with van der Waals surface area (Å²) in [6.45, 7) is 17.1. The number of nitrogens with one attached hydrogen (secondary N) is 1. The second-order valence-electron chi connectivity index (χ2n) is 6.64. The average Bonchev–Trinajstić information content (AvgIpc) is 2.27. The van der Waals surface area contributed by atoms with Crippen molar-refractivity contribution < 1.29 is 0 Å². The summed E-state index contributed by atoms with van der Waals surface area (Å²) >= 11 is 0. The predicted molar refractivity (Wildman–Crippen MR) is 85.5 cm³/mol. The first kappa shape index (κ1) is 16.2. The lowest BCUT2D eigenvalue weighted by molar-refractivity contribution is 0.268. The van der Waals surface area contributed by atoms with E-state index >= 15 is 0 Å². The molecule has 0 aliphatic heterocycles. The fourth-order valence-electron chi connectivity index (χ4n) is 2.98. The minimum atomic E-state index is 0.431. The van der Waals surface area contributed by atoms with Crippen molar-refractivity contribution in [2.45, 2.75) is 54.5 Å². The van der Waals surface area contributed by atoms with Crippen LogP contribution in [0.1, 0.15) is 57.4 Å². The molecule has 0 aromatic heterocycles. The zero-order chi connectivity index (χ0) is 14.6. The standard InChI is InChI=1S/C18H31N/c1-12(2)18(13(3)4)11-19-16(7)17-9-8-14(5)10-15(17)6/h8-10,12-13,16,18-19H,11H2,1-7H3. The van der Waals surface area contributed by atoms with Gasteiger partial charge in [-0.15, -0.1) is 0 Å². The fourth-order valence-corrected chi connectivity index (χ4v) is 2.98. The van der Waals surface area contributed by atoms with Crippen LogP contribution in [-0.2, 0) is 0 Å². The molecule has 0 saturated carbocycles. The van der Waals surface area contributed by atoms with Gasteiger partial charge in [-0.25, -0.2) is 0 Å². The molecule has 0 radical (unpaired) electrons. The van der Waals surface area contributed by atoms with Gasteiger partial charge >= 0.3 is 0 Å². The summed E-state index contributed by atoms with van der Waals surface area (Å²) in [7, 11) is 0. The number of hydrogen-bond donors (Lipinski definition) is 1. The molecule has 0 fully saturated rings. The Morgan fingerprint density at radius 3 is 2.00 bits per heavy atom. The normalized spacial score (nSPS) is 13.6. The van der Waals surface area contributed by atoms with Crippen molar-refractivity contribution in [1.82, 2.24) is 5.32 Å². The van der Waals surface area contributed by atoms with Crippen molar-refractivity contribution in [3.63, 3.8) is 0 Å². The smallest absolute Gasteiger partial charge is 0.0294 e. The summed E-state index contributed by atoms with van der Waals surface area (Å²) in [5.74, 6) is 2.21. The number of benzene rings is 1. The van der Waals surface area contributed by atoms with Gasteiger partial charge in [0.1, 0.15) is 0 Å². The molecule has 108 valence electrons. The van der Waals surface area contributed by atoms with Gasteiger partial charge in [-0.2, -0.15) is 0 Å². The molecule has 1 heteroatoms. The van der Waals surface area contributed by atoms with Crippen LogP contribution in [-0.4, -0.2) is 6.54 Å². The summed E-state index contributed by atoms with van der Waals surface area (Å²) < 4.78 is 0. The van der Waals surface area contributed by atoms with Crippen LogP contribution in [0.15, 0.2) is 18.2 Å². The predicted octanol–water partition coefficient (Wildman–Crippen LogP) is 4.88.